The fourth-order valence-corrected chi connectivity index (χ4v) is 1.32. The molecule has 0 spiro atoms. The highest BCUT2D eigenvalue weighted by Crippen LogP contribution is 2.08. The van der Waals surface area contributed by atoms with Crippen LogP contribution in [0.1, 0.15) is 33.6 Å². The van der Waals surface area contributed by atoms with Crippen LogP contribution in [-0.4, -0.2) is 30.2 Å². The van der Waals surface area contributed by atoms with E-state index in [4.69, 9.17) is 4.74 Å². The van der Waals surface area contributed by atoms with Crippen molar-refractivity contribution in [1.29, 1.82) is 0 Å². The SMILES string of the molecule is CC(C)(C)NC(=O)OC1CCCNC1=O. The monoisotopic (exact) mass is 214 g/mol. The highest BCUT2D eigenvalue weighted by molar-refractivity contribution is 5.84. The van der Waals surface area contributed by atoms with Crippen molar-refractivity contribution in [3.63, 3.8) is 0 Å². The first-order valence-electron chi connectivity index (χ1n) is 5.15. The molecule has 0 aromatic carbocycles. The van der Waals surface area contributed by atoms with Crippen LogP contribution in [0.4, 0.5) is 4.79 Å². The van der Waals surface area contributed by atoms with Crippen LogP contribution in [0, 0.1) is 0 Å². The summed E-state index contributed by atoms with van der Waals surface area (Å²) in [5.41, 5.74) is -0.345. The molecule has 0 aromatic rings. The van der Waals surface area contributed by atoms with Gasteiger partial charge in [0.15, 0.2) is 6.10 Å². The molecule has 1 fully saturated rings. The molecular formula is C10H18N2O3. The van der Waals surface area contributed by atoms with E-state index in [1.807, 2.05) is 20.8 Å². The number of amides is 2. The second-order valence-electron chi connectivity index (χ2n) is 4.70. The van der Waals surface area contributed by atoms with Crippen LogP contribution in [-0.2, 0) is 9.53 Å². The van der Waals surface area contributed by atoms with Crippen molar-refractivity contribution in [2.45, 2.75) is 45.3 Å². The van der Waals surface area contributed by atoms with Gasteiger partial charge < -0.3 is 15.4 Å². The van der Waals surface area contributed by atoms with Gasteiger partial charge in [0, 0.05) is 12.1 Å². The van der Waals surface area contributed by atoms with E-state index < -0.39 is 12.2 Å². The summed E-state index contributed by atoms with van der Waals surface area (Å²) in [5.74, 6) is -0.203. The summed E-state index contributed by atoms with van der Waals surface area (Å²) in [7, 11) is 0. The number of rotatable bonds is 1. The molecule has 0 saturated carbocycles. The van der Waals surface area contributed by atoms with Crippen LogP contribution in [0.5, 0.6) is 0 Å². The van der Waals surface area contributed by atoms with Crippen LogP contribution in [0.3, 0.4) is 0 Å². The zero-order chi connectivity index (χ0) is 11.5. The number of alkyl carbamates (subject to hydrolysis) is 1. The summed E-state index contributed by atoms with van der Waals surface area (Å²) >= 11 is 0. The van der Waals surface area contributed by atoms with Crippen molar-refractivity contribution >= 4 is 12.0 Å². The normalized spacial score (nSPS) is 21.8. The first-order valence-corrected chi connectivity index (χ1v) is 5.15. The zero-order valence-corrected chi connectivity index (χ0v) is 9.42. The molecule has 86 valence electrons. The number of hydrogen-bond acceptors (Lipinski definition) is 3. The molecule has 1 heterocycles. The maximum absolute atomic E-state index is 11.4. The van der Waals surface area contributed by atoms with E-state index in [1.54, 1.807) is 0 Å². The lowest BCUT2D eigenvalue weighted by Gasteiger charge is -2.25. The Labute approximate surface area is 89.6 Å². The van der Waals surface area contributed by atoms with Gasteiger partial charge in [0.2, 0.25) is 0 Å². The van der Waals surface area contributed by atoms with Crippen molar-refractivity contribution < 1.29 is 14.3 Å². The number of nitrogens with one attached hydrogen (secondary N) is 2. The molecule has 5 heteroatoms. The van der Waals surface area contributed by atoms with Gasteiger partial charge in [0.25, 0.3) is 5.91 Å². The quantitative estimate of drug-likeness (QED) is 0.678. The molecule has 1 atom stereocenters. The van der Waals surface area contributed by atoms with Crippen LogP contribution in [0.25, 0.3) is 0 Å². The fraction of sp³-hybridized carbons (Fsp3) is 0.800. The Bertz CT molecular complexity index is 258. The van der Waals surface area contributed by atoms with E-state index in [1.165, 1.54) is 0 Å². The van der Waals surface area contributed by atoms with E-state index in [2.05, 4.69) is 10.6 Å². The maximum atomic E-state index is 11.4. The molecule has 2 N–H and O–H groups in total. The lowest BCUT2D eigenvalue weighted by atomic mass is 10.1. The molecule has 15 heavy (non-hydrogen) atoms. The molecule has 0 aliphatic carbocycles. The molecular weight excluding hydrogens is 196 g/mol. The van der Waals surface area contributed by atoms with Crippen LogP contribution < -0.4 is 10.6 Å². The second-order valence-corrected chi connectivity index (χ2v) is 4.70. The molecule has 0 aromatic heterocycles. The molecule has 5 nitrogen and oxygen atoms in total. The van der Waals surface area contributed by atoms with E-state index in [0.717, 1.165) is 6.42 Å². The zero-order valence-electron chi connectivity index (χ0n) is 9.42. The maximum Gasteiger partial charge on any atom is 0.408 e. The van der Waals surface area contributed by atoms with Crippen LogP contribution in [0.15, 0.2) is 0 Å². The largest absolute Gasteiger partial charge is 0.436 e. The van der Waals surface area contributed by atoms with Gasteiger partial charge in [0.1, 0.15) is 0 Å². The van der Waals surface area contributed by atoms with Gasteiger partial charge in [-0.15, -0.1) is 0 Å². The van der Waals surface area contributed by atoms with Gasteiger partial charge in [0.05, 0.1) is 0 Å². The summed E-state index contributed by atoms with van der Waals surface area (Å²) in [6.07, 6.45) is 0.272. The van der Waals surface area contributed by atoms with E-state index in [-0.39, 0.29) is 11.4 Å². The number of ether oxygens (including phenoxy) is 1. The highest BCUT2D eigenvalue weighted by atomic mass is 16.6. The molecule has 1 aliphatic heterocycles. The van der Waals surface area contributed by atoms with E-state index >= 15 is 0 Å². The minimum atomic E-state index is -0.638. The highest BCUT2D eigenvalue weighted by Gasteiger charge is 2.26. The Kier molecular flexibility index (Phi) is 3.55. The molecule has 1 saturated heterocycles. The average Bonchev–Trinajstić information content (AvgIpc) is 2.05. The minimum absolute atomic E-state index is 0.203. The Balaban J connectivity index is 2.40. The van der Waals surface area contributed by atoms with Crippen molar-refractivity contribution in [2.75, 3.05) is 6.54 Å². The molecule has 0 radical (unpaired) electrons. The number of carbonyl (C=O) groups is 2. The van der Waals surface area contributed by atoms with Crippen molar-refractivity contribution in [3.05, 3.63) is 0 Å². The average molecular weight is 214 g/mol. The molecule has 1 rings (SSSR count). The Hall–Kier alpha value is -1.26. The summed E-state index contributed by atoms with van der Waals surface area (Å²) in [4.78, 5) is 22.6. The third kappa shape index (κ3) is 4.18. The molecule has 1 aliphatic rings. The lowest BCUT2D eigenvalue weighted by molar-refractivity contribution is -0.131. The van der Waals surface area contributed by atoms with Crippen molar-refractivity contribution in [2.24, 2.45) is 0 Å². The summed E-state index contributed by atoms with van der Waals surface area (Å²) in [5, 5.41) is 5.30. The topological polar surface area (TPSA) is 67.4 Å². The summed E-state index contributed by atoms with van der Waals surface area (Å²) in [6, 6.07) is 0. The summed E-state index contributed by atoms with van der Waals surface area (Å²) < 4.78 is 5.02. The first kappa shape index (κ1) is 11.8. The first-order chi connectivity index (χ1) is 6.88. The number of carbonyl (C=O) groups excluding carboxylic acids is 2. The Morgan fingerprint density at radius 2 is 2.20 bits per heavy atom. The third-order valence-electron chi connectivity index (χ3n) is 1.96. The number of piperidine rings is 1. The van der Waals surface area contributed by atoms with E-state index in [9.17, 15) is 9.59 Å². The molecule has 1 unspecified atom stereocenters. The second kappa shape index (κ2) is 4.51. The predicted molar refractivity (Wildman–Crippen MR) is 55.4 cm³/mol. The third-order valence-corrected chi connectivity index (χ3v) is 1.96. The molecule has 2 amide bonds. The lowest BCUT2D eigenvalue weighted by Crippen LogP contribution is -2.47. The standard InChI is InChI=1S/C10H18N2O3/c1-10(2,3)12-9(14)15-7-5-4-6-11-8(7)13/h7H,4-6H2,1-3H3,(H,11,13)(H,12,14). The van der Waals surface area contributed by atoms with Gasteiger partial charge in [-0.3, -0.25) is 4.79 Å². The Morgan fingerprint density at radius 1 is 1.53 bits per heavy atom. The van der Waals surface area contributed by atoms with Gasteiger partial charge in [-0.2, -0.15) is 0 Å². The van der Waals surface area contributed by atoms with E-state index in [0.29, 0.717) is 13.0 Å². The van der Waals surface area contributed by atoms with Gasteiger partial charge in [-0.05, 0) is 33.6 Å². The van der Waals surface area contributed by atoms with Gasteiger partial charge in [-0.1, -0.05) is 0 Å². The van der Waals surface area contributed by atoms with Crippen molar-refractivity contribution in [3.8, 4) is 0 Å². The fourth-order valence-electron chi connectivity index (χ4n) is 1.32. The minimum Gasteiger partial charge on any atom is -0.436 e. The smallest absolute Gasteiger partial charge is 0.408 e. The van der Waals surface area contributed by atoms with Gasteiger partial charge in [-0.25, -0.2) is 4.79 Å². The molecule has 0 bridgehead atoms. The van der Waals surface area contributed by atoms with Crippen LogP contribution in [0.2, 0.25) is 0 Å². The van der Waals surface area contributed by atoms with Crippen molar-refractivity contribution in [1.82, 2.24) is 10.6 Å². The van der Waals surface area contributed by atoms with Gasteiger partial charge >= 0.3 is 6.09 Å². The Morgan fingerprint density at radius 3 is 2.73 bits per heavy atom. The van der Waals surface area contributed by atoms with Crippen LogP contribution >= 0.6 is 0 Å². The number of hydrogen-bond donors (Lipinski definition) is 2. The summed E-state index contributed by atoms with van der Waals surface area (Å²) in [6.45, 7) is 6.24. The predicted octanol–water partition coefficient (Wildman–Crippen LogP) is 0.790.